The number of methoxy groups -OCH3 is 1. The van der Waals surface area contributed by atoms with Crippen LogP contribution in [0.15, 0.2) is 85.3 Å². The van der Waals surface area contributed by atoms with Crippen molar-refractivity contribution in [3.05, 3.63) is 114 Å². The molecule has 0 unspecified atom stereocenters. The highest BCUT2D eigenvalue weighted by atomic mass is 19.1. The van der Waals surface area contributed by atoms with E-state index in [-0.39, 0.29) is 29.5 Å². The van der Waals surface area contributed by atoms with Crippen LogP contribution in [-0.2, 0) is 11.3 Å². The Hall–Kier alpha value is -4.92. The first-order chi connectivity index (χ1) is 17.4. The number of carbonyl (C=O) groups excluding carboxylic acids is 3. The number of nitrogens with one attached hydrogen (secondary N) is 2. The fraction of sp³-hybridized carbons (Fsp3) is 0.0741. The molecule has 0 aliphatic carbocycles. The zero-order valence-corrected chi connectivity index (χ0v) is 19.2. The smallest absolute Gasteiger partial charge is 0.337 e. The number of hydrogen-bond donors (Lipinski definition) is 2. The predicted molar refractivity (Wildman–Crippen MR) is 131 cm³/mol. The number of nitrogens with zero attached hydrogens (tertiary/aromatic N) is 2. The van der Waals surface area contributed by atoms with Gasteiger partial charge in [-0.15, -0.1) is 0 Å². The first-order valence-corrected chi connectivity index (χ1v) is 10.9. The van der Waals surface area contributed by atoms with E-state index in [1.165, 1.54) is 43.9 Å². The van der Waals surface area contributed by atoms with Crippen molar-refractivity contribution >= 4 is 23.5 Å². The SMILES string of the molecule is COC(=O)c1cc(CNC(=O)c2ccc(-c3ccc(F)cc3)cc2)cc(NC(=O)c2cnccn2)c1. The number of aromatic nitrogens is 2. The highest BCUT2D eigenvalue weighted by Crippen LogP contribution is 2.21. The van der Waals surface area contributed by atoms with E-state index in [0.717, 1.165) is 11.1 Å². The van der Waals surface area contributed by atoms with Crippen LogP contribution in [0.4, 0.5) is 10.1 Å². The minimum absolute atomic E-state index is 0.0946. The van der Waals surface area contributed by atoms with E-state index < -0.39 is 11.9 Å². The third kappa shape index (κ3) is 5.95. The van der Waals surface area contributed by atoms with Crippen molar-refractivity contribution in [2.45, 2.75) is 6.54 Å². The average Bonchev–Trinajstić information content (AvgIpc) is 2.92. The van der Waals surface area contributed by atoms with Gasteiger partial charge in [-0.05, 0) is 59.2 Å². The molecule has 4 rings (SSSR count). The summed E-state index contributed by atoms with van der Waals surface area (Å²) in [5.74, 6) is -1.73. The van der Waals surface area contributed by atoms with Crippen LogP contribution in [0.25, 0.3) is 11.1 Å². The summed E-state index contributed by atoms with van der Waals surface area (Å²) in [7, 11) is 1.25. The highest BCUT2D eigenvalue weighted by Gasteiger charge is 2.14. The zero-order chi connectivity index (χ0) is 25.5. The molecule has 3 aromatic carbocycles. The maximum atomic E-state index is 13.1. The van der Waals surface area contributed by atoms with Crippen LogP contribution < -0.4 is 10.6 Å². The molecule has 1 heterocycles. The Labute approximate surface area is 206 Å². The van der Waals surface area contributed by atoms with Crippen LogP contribution in [0.1, 0.15) is 36.8 Å². The van der Waals surface area contributed by atoms with Gasteiger partial charge in [-0.1, -0.05) is 24.3 Å². The summed E-state index contributed by atoms with van der Waals surface area (Å²) in [6.45, 7) is 0.0946. The molecule has 8 nitrogen and oxygen atoms in total. The maximum Gasteiger partial charge on any atom is 0.337 e. The molecule has 0 aliphatic rings. The van der Waals surface area contributed by atoms with Gasteiger partial charge in [0.2, 0.25) is 0 Å². The Balaban J connectivity index is 1.47. The molecule has 1 aromatic heterocycles. The molecule has 4 aromatic rings. The Morgan fingerprint density at radius 3 is 2.19 bits per heavy atom. The normalized spacial score (nSPS) is 10.4. The summed E-state index contributed by atoms with van der Waals surface area (Å²) in [5.41, 5.74) is 3.34. The fourth-order valence-electron chi connectivity index (χ4n) is 3.45. The number of ether oxygens (including phenoxy) is 1. The molecule has 0 spiro atoms. The van der Waals surface area contributed by atoms with Crippen LogP contribution in [0.5, 0.6) is 0 Å². The number of benzene rings is 3. The third-order valence-electron chi connectivity index (χ3n) is 5.25. The van der Waals surface area contributed by atoms with Crippen molar-refractivity contribution < 1.29 is 23.5 Å². The molecular weight excluding hydrogens is 463 g/mol. The van der Waals surface area contributed by atoms with Crippen molar-refractivity contribution in [1.29, 1.82) is 0 Å². The molecule has 0 atom stereocenters. The van der Waals surface area contributed by atoms with Crippen molar-refractivity contribution in [1.82, 2.24) is 15.3 Å². The molecular formula is C27H21FN4O4. The van der Waals surface area contributed by atoms with E-state index >= 15 is 0 Å². The molecule has 2 amide bonds. The lowest BCUT2D eigenvalue weighted by Gasteiger charge is -2.11. The number of carbonyl (C=O) groups is 3. The number of esters is 1. The van der Waals surface area contributed by atoms with Crippen molar-refractivity contribution in [2.75, 3.05) is 12.4 Å². The van der Waals surface area contributed by atoms with Gasteiger partial charge >= 0.3 is 5.97 Å². The third-order valence-corrected chi connectivity index (χ3v) is 5.25. The van der Waals surface area contributed by atoms with Gasteiger partial charge in [0, 0.05) is 30.2 Å². The fourth-order valence-corrected chi connectivity index (χ4v) is 3.45. The first-order valence-electron chi connectivity index (χ1n) is 10.9. The number of amides is 2. The lowest BCUT2D eigenvalue weighted by molar-refractivity contribution is 0.0600. The van der Waals surface area contributed by atoms with Gasteiger partial charge in [-0.2, -0.15) is 0 Å². The van der Waals surface area contributed by atoms with Gasteiger partial charge in [0.1, 0.15) is 11.5 Å². The second-order valence-electron chi connectivity index (χ2n) is 7.72. The van der Waals surface area contributed by atoms with Crippen LogP contribution in [0.2, 0.25) is 0 Å². The standard InChI is InChI=1S/C27H21FN4O4/c1-36-27(35)21-12-17(13-23(14-21)32-26(34)24-16-29-10-11-30-24)15-31-25(33)20-4-2-18(3-5-20)19-6-8-22(28)9-7-19/h2-14,16H,15H2,1H3,(H,31,33)(H,32,34). The molecule has 180 valence electrons. The van der Waals surface area contributed by atoms with E-state index in [2.05, 4.69) is 20.6 Å². The Morgan fingerprint density at radius 2 is 1.56 bits per heavy atom. The summed E-state index contributed by atoms with van der Waals surface area (Å²) in [6.07, 6.45) is 4.17. The van der Waals surface area contributed by atoms with Gasteiger partial charge in [0.05, 0.1) is 18.9 Å². The van der Waals surface area contributed by atoms with Gasteiger partial charge in [0.25, 0.3) is 11.8 Å². The summed E-state index contributed by atoms with van der Waals surface area (Å²) in [4.78, 5) is 45.1. The van der Waals surface area contributed by atoms with Gasteiger partial charge in [-0.3, -0.25) is 14.6 Å². The minimum Gasteiger partial charge on any atom is -0.465 e. The lowest BCUT2D eigenvalue weighted by atomic mass is 10.0. The van der Waals surface area contributed by atoms with E-state index in [1.807, 2.05) is 0 Å². The summed E-state index contributed by atoms with van der Waals surface area (Å²) >= 11 is 0. The second-order valence-corrected chi connectivity index (χ2v) is 7.72. The Bertz CT molecular complexity index is 1390. The molecule has 2 N–H and O–H groups in total. The first kappa shape index (κ1) is 24.2. The summed E-state index contributed by atoms with van der Waals surface area (Å²) in [6, 6.07) is 17.7. The van der Waals surface area contributed by atoms with Crippen LogP contribution in [0, 0.1) is 5.82 Å². The lowest BCUT2D eigenvalue weighted by Crippen LogP contribution is -2.23. The van der Waals surface area contributed by atoms with E-state index in [4.69, 9.17) is 4.74 Å². The predicted octanol–water partition coefficient (Wildman–Crippen LogP) is 4.25. The van der Waals surface area contributed by atoms with Gasteiger partial charge < -0.3 is 15.4 Å². The van der Waals surface area contributed by atoms with E-state index in [0.29, 0.717) is 16.8 Å². The Kier molecular flexibility index (Phi) is 7.40. The maximum absolute atomic E-state index is 13.1. The monoisotopic (exact) mass is 484 g/mol. The molecule has 0 fully saturated rings. The van der Waals surface area contributed by atoms with Gasteiger partial charge in [-0.25, -0.2) is 14.2 Å². The quantitative estimate of drug-likeness (QED) is 0.380. The van der Waals surface area contributed by atoms with Crippen molar-refractivity contribution in [3.63, 3.8) is 0 Å². The van der Waals surface area contributed by atoms with Gasteiger partial charge in [0.15, 0.2) is 0 Å². The van der Waals surface area contributed by atoms with Crippen LogP contribution in [0.3, 0.4) is 0 Å². The number of hydrogen-bond acceptors (Lipinski definition) is 6. The van der Waals surface area contributed by atoms with Crippen LogP contribution >= 0.6 is 0 Å². The number of anilines is 1. The van der Waals surface area contributed by atoms with Crippen molar-refractivity contribution in [3.8, 4) is 11.1 Å². The Morgan fingerprint density at radius 1 is 0.861 bits per heavy atom. The topological polar surface area (TPSA) is 110 Å². The molecule has 0 saturated carbocycles. The highest BCUT2D eigenvalue weighted by molar-refractivity contribution is 6.03. The largest absolute Gasteiger partial charge is 0.465 e. The van der Waals surface area contributed by atoms with Crippen LogP contribution in [-0.4, -0.2) is 34.9 Å². The zero-order valence-electron chi connectivity index (χ0n) is 19.2. The summed E-state index contributed by atoms with van der Waals surface area (Å²) < 4.78 is 17.9. The molecule has 36 heavy (non-hydrogen) atoms. The number of halogens is 1. The molecule has 0 radical (unpaired) electrons. The van der Waals surface area contributed by atoms with Crippen molar-refractivity contribution in [2.24, 2.45) is 0 Å². The molecule has 9 heteroatoms. The molecule has 0 saturated heterocycles. The van der Waals surface area contributed by atoms with E-state index in [1.54, 1.807) is 48.5 Å². The number of rotatable bonds is 7. The second kappa shape index (κ2) is 11.0. The average molecular weight is 484 g/mol. The molecule has 0 aliphatic heterocycles. The van der Waals surface area contributed by atoms with E-state index in [9.17, 15) is 18.8 Å². The summed E-state index contributed by atoms with van der Waals surface area (Å²) in [5, 5.41) is 5.48. The molecule has 0 bridgehead atoms. The minimum atomic E-state index is -0.588.